The van der Waals surface area contributed by atoms with Gasteiger partial charge in [0.15, 0.2) is 11.5 Å². The van der Waals surface area contributed by atoms with E-state index in [1.54, 1.807) is 12.1 Å². The highest BCUT2D eigenvalue weighted by Gasteiger charge is 2.30. The second kappa shape index (κ2) is 11.2. The van der Waals surface area contributed by atoms with Gasteiger partial charge in [0.05, 0.1) is 0 Å². The van der Waals surface area contributed by atoms with Gasteiger partial charge in [-0.25, -0.2) is 0 Å². The topological polar surface area (TPSA) is 94.1 Å². The first kappa shape index (κ1) is 30.8. The number of fused-ring (bicyclic) bond motifs is 6. The van der Waals surface area contributed by atoms with Crippen molar-refractivity contribution in [3.63, 3.8) is 0 Å². The molecule has 51 heavy (non-hydrogen) atoms. The Morgan fingerprint density at radius 1 is 0.373 bits per heavy atom. The molecule has 0 aliphatic heterocycles. The van der Waals surface area contributed by atoms with Gasteiger partial charge < -0.3 is 24.8 Å². The number of rotatable bonds is 3. The highest BCUT2D eigenvalue weighted by Crippen LogP contribution is 2.57. The number of furan rings is 1. The van der Waals surface area contributed by atoms with Gasteiger partial charge in [-0.3, -0.25) is 0 Å². The summed E-state index contributed by atoms with van der Waals surface area (Å²) in [6, 6.07) is 34.6. The van der Waals surface area contributed by atoms with E-state index in [9.17, 15) is 20.4 Å². The van der Waals surface area contributed by atoms with Crippen LogP contribution in [0.15, 0.2) is 114 Å². The van der Waals surface area contributed by atoms with Crippen LogP contribution in [0.4, 0.5) is 0 Å². The predicted octanol–water partition coefficient (Wildman–Crippen LogP) is 6.04. The van der Waals surface area contributed by atoms with Crippen molar-refractivity contribution < 1.29 is 24.8 Å². The molecule has 0 atom stereocenters. The van der Waals surface area contributed by atoms with Gasteiger partial charge in [-0.05, 0) is 62.0 Å². The predicted molar refractivity (Wildman–Crippen MR) is 211 cm³/mol. The third kappa shape index (κ3) is 4.27. The maximum Gasteiger partial charge on any atom is 0.204 e. The number of phenolic OH excluding ortho intramolecular Hbond substituents is 4. The second-order valence-electron chi connectivity index (χ2n) is 12.7. The van der Waals surface area contributed by atoms with Gasteiger partial charge in [0, 0.05) is 32.7 Å². The normalized spacial score (nSPS) is 11.8. The molecule has 8 radical (unpaired) electrons. The van der Waals surface area contributed by atoms with Gasteiger partial charge in [0.2, 0.25) is 11.5 Å². The standard InChI is InChI=1S/C42H22B4O5/c43-35-31-29(20-14-17-28-26(18-20)24-12-6-7-13-27(24)51-28)33-34(40(48)42(50)41(49)39(33)47)30(32(31)36(44)38(46)37(35)45)25-16-15-21(19-8-2-1-3-9-19)22-10-4-5-11-23(22)25/h1-18,47-50H. The lowest BCUT2D eigenvalue weighted by Crippen LogP contribution is -2.48. The van der Waals surface area contributed by atoms with E-state index in [1.807, 2.05) is 97.1 Å². The van der Waals surface area contributed by atoms with E-state index < -0.39 is 23.0 Å². The molecular formula is C42H22B4O5. The van der Waals surface area contributed by atoms with E-state index in [2.05, 4.69) is 0 Å². The molecule has 8 aromatic carbocycles. The summed E-state index contributed by atoms with van der Waals surface area (Å²) in [5.74, 6) is -3.14. The quantitative estimate of drug-likeness (QED) is 0.0811. The molecule has 232 valence electrons. The number of para-hydroxylation sites is 1. The molecule has 9 heteroatoms. The summed E-state index contributed by atoms with van der Waals surface area (Å²) in [7, 11) is 26.9. The summed E-state index contributed by atoms with van der Waals surface area (Å²) >= 11 is 0. The molecule has 0 saturated carbocycles. The molecule has 0 aliphatic rings. The highest BCUT2D eigenvalue weighted by molar-refractivity contribution is 6.68. The molecule has 1 aromatic heterocycles. The third-order valence-electron chi connectivity index (χ3n) is 10.00. The van der Waals surface area contributed by atoms with Crippen LogP contribution in [-0.2, 0) is 0 Å². The van der Waals surface area contributed by atoms with Crippen molar-refractivity contribution in [3.05, 3.63) is 109 Å². The average molecular weight is 650 g/mol. The van der Waals surface area contributed by atoms with Gasteiger partial charge in [0.1, 0.15) is 42.6 Å². The van der Waals surface area contributed by atoms with E-state index in [0.29, 0.717) is 44.2 Å². The fourth-order valence-electron chi connectivity index (χ4n) is 7.61. The van der Waals surface area contributed by atoms with Gasteiger partial charge in [0.25, 0.3) is 0 Å². The molecule has 0 bridgehead atoms. The van der Waals surface area contributed by atoms with Crippen molar-refractivity contribution in [1.29, 1.82) is 0 Å². The largest absolute Gasteiger partial charge is 0.504 e. The Morgan fingerprint density at radius 3 is 1.55 bits per heavy atom. The lowest BCUT2D eigenvalue weighted by molar-refractivity contribution is 0.351. The zero-order chi connectivity index (χ0) is 35.3. The van der Waals surface area contributed by atoms with Crippen molar-refractivity contribution in [2.24, 2.45) is 0 Å². The monoisotopic (exact) mass is 650 g/mol. The SMILES string of the molecule is [B]c1c([B])c([B])c2c(-c3ccc(-c4ccccc4)c4ccccc34)c3c(O)c(O)c(O)c(O)c3c(-c3ccc4oc5ccccc5c4c3)c2c1[B]. The van der Waals surface area contributed by atoms with Crippen molar-refractivity contribution in [1.82, 2.24) is 0 Å². The fraction of sp³-hybridized carbons (Fsp3) is 0. The van der Waals surface area contributed by atoms with Crippen molar-refractivity contribution in [2.45, 2.75) is 0 Å². The Morgan fingerprint density at radius 2 is 0.882 bits per heavy atom. The van der Waals surface area contributed by atoms with Crippen LogP contribution in [0.25, 0.3) is 87.6 Å². The first-order chi connectivity index (χ1) is 24.7. The second-order valence-corrected chi connectivity index (χ2v) is 12.7. The maximum atomic E-state index is 11.8. The Hall–Kier alpha value is -6.20. The molecule has 5 nitrogen and oxygen atoms in total. The van der Waals surface area contributed by atoms with Crippen LogP contribution in [-0.4, -0.2) is 51.8 Å². The minimum atomic E-state index is -0.902. The van der Waals surface area contributed by atoms with E-state index in [1.165, 1.54) is 0 Å². The van der Waals surface area contributed by atoms with Crippen LogP contribution < -0.4 is 21.9 Å². The number of hydrogen-bond acceptors (Lipinski definition) is 5. The number of hydrogen-bond donors (Lipinski definition) is 4. The van der Waals surface area contributed by atoms with Gasteiger partial charge in [-0.1, -0.05) is 102 Å². The van der Waals surface area contributed by atoms with Crippen molar-refractivity contribution >= 4 is 107 Å². The average Bonchev–Trinajstić information content (AvgIpc) is 3.54. The molecule has 0 fully saturated rings. The fourth-order valence-corrected chi connectivity index (χ4v) is 7.61. The Balaban J connectivity index is 1.53. The lowest BCUT2D eigenvalue weighted by Gasteiger charge is -2.26. The molecule has 0 saturated heterocycles. The van der Waals surface area contributed by atoms with Crippen LogP contribution in [0.2, 0.25) is 0 Å². The molecule has 0 unspecified atom stereocenters. The van der Waals surface area contributed by atoms with E-state index in [0.717, 1.165) is 32.7 Å². The van der Waals surface area contributed by atoms with E-state index >= 15 is 0 Å². The number of benzene rings is 8. The van der Waals surface area contributed by atoms with Gasteiger partial charge in [-0.2, -0.15) is 0 Å². The third-order valence-corrected chi connectivity index (χ3v) is 10.00. The zero-order valence-electron chi connectivity index (χ0n) is 26.9. The Kier molecular flexibility index (Phi) is 6.74. The van der Waals surface area contributed by atoms with Crippen LogP contribution in [0.1, 0.15) is 0 Å². The summed E-state index contributed by atoms with van der Waals surface area (Å²) in [5, 5.41) is 49.8. The number of aromatic hydroxyl groups is 4. The molecule has 1 heterocycles. The Labute approximate surface area is 297 Å². The minimum Gasteiger partial charge on any atom is -0.504 e. The summed E-state index contributed by atoms with van der Waals surface area (Å²) in [6.07, 6.45) is 0. The van der Waals surface area contributed by atoms with Crippen molar-refractivity contribution in [3.8, 4) is 56.4 Å². The van der Waals surface area contributed by atoms with E-state index in [4.69, 9.17) is 35.8 Å². The highest BCUT2D eigenvalue weighted by atomic mass is 16.3. The molecule has 0 amide bonds. The van der Waals surface area contributed by atoms with Crippen LogP contribution in [0, 0.1) is 0 Å². The number of phenols is 4. The summed E-state index contributed by atoms with van der Waals surface area (Å²) in [4.78, 5) is 0. The molecular weight excluding hydrogens is 628 g/mol. The lowest BCUT2D eigenvalue weighted by atomic mass is 9.62. The van der Waals surface area contributed by atoms with Gasteiger partial charge in [-0.15, -0.1) is 10.9 Å². The summed E-state index contributed by atoms with van der Waals surface area (Å²) < 4.78 is 6.09. The Bertz CT molecular complexity index is 2870. The first-order valence-electron chi connectivity index (χ1n) is 16.2. The van der Waals surface area contributed by atoms with Crippen LogP contribution >= 0.6 is 0 Å². The summed E-state index contributed by atoms with van der Waals surface area (Å²) in [6.45, 7) is 0. The molecule has 0 spiro atoms. The molecule has 0 aliphatic carbocycles. The smallest absolute Gasteiger partial charge is 0.204 e. The van der Waals surface area contributed by atoms with Crippen LogP contribution in [0.3, 0.4) is 0 Å². The molecule has 9 aromatic rings. The summed E-state index contributed by atoms with van der Waals surface area (Å²) in [5.41, 5.74) is 5.29. The minimum absolute atomic E-state index is 0.0175. The van der Waals surface area contributed by atoms with Gasteiger partial charge >= 0.3 is 0 Å². The van der Waals surface area contributed by atoms with E-state index in [-0.39, 0.29) is 32.6 Å². The molecule has 9 rings (SSSR count). The zero-order valence-corrected chi connectivity index (χ0v) is 26.9. The maximum absolute atomic E-state index is 11.8. The van der Waals surface area contributed by atoms with Crippen LogP contribution in [0.5, 0.6) is 23.0 Å². The first-order valence-corrected chi connectivity index (χ1v) is 16.2. The molecule has 4 N–H and O–H groups in total. The van der Waals surface area contributed by atoms with Crippen molar-refractivity contribution in [2.75, 3.05) is 0 Å².